The van der Waals surface area contributed by atoms with Crippen molar-refractivity contribution in [2.24, 2.45) is 17.0 Å². The van der Waals surface area contributed by atoms with E-state index in [1.807, 2.05) is 45.0 Å². The van der Waals surface area contributed by atoms with Gasteiger partial charge in [-0.3, -0.25) is 4.79 Å². The van der Waals surface area contributed by atoms with Crippen LogP contribution in [0.1, 0.15) is 105 Å². The van der Waals surface area contributed by atoms with Crippen molar-refractivity contribution in [3.05, 3.63) is 69.8 Å². The van der Waals surface area contributed by atoms with Crippen LogP contribution in [0.4, 0.5) is 0 Å². The fourth-order valence-corrected chi connectivity index (χ4v) is 7.94. The number of rotatable bonds is 11. The second-order valence-corrected chi connectivity index (χ2v) is 16.8. The standard InChI is InChI=1S/C40H55N3O7S/c1-40(2,3)50-39(45)31-16-18-34-29(24-31)14-12-28-13-15-30(38(44)42(4)20-22-49-23-21-43(5)51(41,46)47)25-32-26-33(48-6)17-19-35(32)37(28)36(34)27-10-8-7-9-11-27/h16-19,24-28H,7-15,20-23H2,1-6H3,(H2,41,46,47). The number of esters is 1. The van der Waals surface area contributed by atoms with Crippen LogP contribution in [-0.2, 0) is 30.9 Å². The van der Waals surface area contributed by atoms with Crippen LogP contribution in [0.25, 0.3) is 17.2 Å². The van der Waals surface area contributed by atoms with Crippen molar-refractivity contribution in [3.63, 3.8) is 0 Å². The lowest BCUT2D eigenvalue weighted by atomic mass is 9.72. The molecule has 1 fully saturated rings. The Kier molecular flexibility index (Phi) is 12.5. The Morgan fingerprint density at radius 2 is 1.51 bits per heavy atom. The molecule has 0 saturated heterocycles. The van der Waals surface area contributed by atoms with Gasteiger partial charge in [-0.05, 0) is 135 Å². The van der Waals surface area contributed by atoms with Gasteiger partial charge in [0, 0.05) is 32.8 Å². The molecule has 2 N–H and O–H groups in total. The van der Waals surface area contributed by atoms with Gasteiger partial charge in [-0.25, -0.2) is 9.93 Å². The van der Waals surface area contributed by atoms with Crippen LogP contribution in [0.15, 0.2) is 42.0 Å². The molecule has 11 heteroatoms. The zero-order valence-corrected chi connectivity index (χ0v) is 31.9. The van der Waals surface area contributed by atoms with Crippen molar-refractivity contribution in [1.29, 1.82) is 0 Å². The van der Waals surface area contributed by atoms with Gasteiger partial charge < -0.3 is 19.1 Å². The van der Waals surface area contributed by atoms with E-state index in [-0.39, 0.29) is 37.6 Å². The summed E-state index contributed by atoms with van der Waals surface area (Å²) in [4.78, 5) is 28.8. The molecule has 3 aliphatic rings. The largest absolute Gasteiger partial charge is 0.497 e. The molecule has 0 bridgehead atoms. The topological polar surface area (TPSA) is 128 Å². The number of amides is 1. The fourth-order valence-electron chi connectivity index (χ4n) is 7.61. The average Bonchev–Trinajstić information content (AvgIpc) is 3.23. The number of allylic oxidation sites excluding steroid dienone is 2. The van der Waals surface area contributed by atoms with E-state index in [0.29, 0.717) is 24.4 Å². The van der Waals surface area contributed by atoms with Crippen molar-refractivity contribution in [3.8, 4) is 5.75 Å². The molecule has 1 atom stereocenters. The van der Waals surface area contributed by atoms with E-state index in [1.54, 1.807) is 19.1 Å². The minimum Gasteiger partial charge on any atom is -0.497 e. The van der Waals surface area contributed by atoms with Gasteiger partial charge in [0.2, 0.25) is 5.91 Å². The fraction of sp³-hybridized carbons (Fsp3) is 0.550. The number of ether oxygens (including phenoxy) is 3. The first kappa shape index (κ1) is 38.7. The first-order valence-electron chi connectivity index (χ1n) is 18.2. The van der Waals surface area contributed by atoms with Gasteiger partial charge >= 0.3 is 5.97 Å². The highest BCUT2D eigenvalue weighted by atomic mass is 32.2. The lowest BCUT2D eigenvalue weighted by molar-refractivity contribution is -0.126. The minimum atomic E-state index is -3.77. The summed E-state index contributed by atoms with van der Waals surface area (Å²) < 4.78 is 41.0. The van der Waals surface area contributed by atoms with Crippen molar-refractivity contribution >= 4 is 39.3 Å². The quantitative estimate of drug-likeness (QED) is 0.208. The molecule has 10 nitrogen and oxygen atoms in total. The van der Waals surface area contributed by atoms with Crippen LogP contribution in [0, 0.1) is 11.8 Å². The smallest absolute Gasteiger partial charge is 0.338 e. The lowest BCUT2D eigenvalue weighted by Crippen LogP contribution is -2.36. The van der Waals surface area contributed by atoms with Crippen LogP contribution in [0.2, 0.25) is 0 Å². The number of hydrogen-bond donors (Lipinski definition) is 1. The molecule has 0 aliphatic heterocycles. The second-order valence-electron chi connectivity index (χ2n) is 15.1. The second kappa shape index (κ2) is 16.4. The predicted octanol–water partition coefficient (Wildman–Crippen LogP) is 6.49. The molecule has 2 aromatic carbocycles. The Labute approximate surface area is 304 Å². The Morgan fingerprint density at radius 1 is 0.863 bits per heavy atom. The number of nitrogens with zero attached hydrogens (tertiary/aromatic N) is 2. The number of likely N-dealkylation sites (N-methyl/N-ethyl adjacent to an activating group) is 2. The number of methoxy groups -OCH3 is 1. The summed E-state index contributed by atoms with van der Waals surface area (Å²) in [5.74, 6) is 0.995. The maximum atomic E-state index is 14.0. The van der Waals surface area contributed by atoms with Gasteiger partial charge in [0.1, 0.15) is 11.4 Å². The number of carbonyl (C=O) groups excluding carboxylic acids is 2. The highest BCUT2D eigenvalue weighted by molar-refractivity contribution is 7.86. The molecular formula is C40H55N3O7S. The van der Waals surface area contributed by atoms with Crippen molar-refractivity contribution in [2.45, 2.75) is 84.2 Å². The Hall–Kier alpha value is -3.51. The van der Waals surface area contributed by atoms with Crippen LogP contribution < -0.4 is 9.88 Å². The van der Waals surface area contributed by atoms with E-state index < -0.39 is 15.8 Å². The number of aryl methyl sites for hydroxylation is 1. The maximum absolute atomic E-state index is 14.0. The van der Waals surface area contributed by atoms with E-state index in [4.69, 9.17) is 19.3 Å². The number of hydrogen-bond acceptors (Lipinski definition) is 7. The van der Waals surface area contributed by atoms with E-state index in [2.05, 4.69) is 18.2 Å². The first-order valence-corrected chi connectivity index (χ1v) is 19.7. The zero-order valence-electron chi connectivity index (χ0n) is 31.1. The van der Waals surface area contributed by atoms with Gasteiger partial charge in [0.15, 0.2) is 0 Å². The molecule has 278 valence electrons. The molecule has 0 radical (unpaired) electrons. The van der Waals surface area contributed by atoms with Gasteiger partial charge in [0.25, 0.3) is 10.2 Å². The lowest BCUT2D eigenvalue weighted by Gasteiger charge is -2.32. The summed E-state index contributed by atoms with van der Waals surface area (Å²) in [5.41, 5.74) is 8.04. The normalized spacial score (nSPS) is 18.4. The Morgan fingerprint density at radius 3 is 2.20 bits per heavy atom. The highest BCUT2D eigenvalue weighted by Gasteiger charge is 2.34. The summed E-state index contributed by atoms with van der Waals surface area (Å²) in [6.07, 6.45) is 11.1. The molecular weight excluding hydrogens is 667 g/mol. The van der Waals surface area contributed by atoms with Crippen LogP contribution in [-0.4, -0.2) is 82.6 Å². The zero-order chi connectivity index (χ0) is 36.9. The van der Waals surface area contributed by atoms with Crippen LogP contribution in [0.5, 0.6) is 5.75 Å². The average molecular weight is 722 g/mol. The third-order valence-corrected chi connectivity index (χ3v) is 11.4. The van der Waals surface area contributed by atoms with E-state index in [9.17, 15) is 18.0 Å². The van der Waals surface area contributed by atoms with Crippen LogP contribution in [0.3, 0.4) is 0 Å². The molecule has 2 aromatic rings. The third kappa shape index (κ3) is 9.68. The number of carbonyl (C=O) groups is 2. The van der Waals surface area contributed by atoms with E-state index in [0.717, 1.165) is 58.9 Å². The van der Waals surface area contributed by atoms with Crippen LogP contribution >= 0.6 is 0 Å². The summed E-state index contributed by atoms with van der Waals surface area (Å²) >= 11 is 0. The molecule has 1 unspecified atom stereocenters. The minimum absolute atomic E-state index is 0.0622. The summed E-state index contributed by atoms with van der Waals surface area (Å²) in [7, 11) is 1.06. The van der Waals surface area contributed by atoms with Gasteiger partial charge in [-0.1, -0.05) is 31.4 Å². The first-order chi connectivity index (χ1) is 24.2. The van der Waals surface area contributed by atoms with Gasteiger partial charge in [-0.15, -0.1) is 0 Å². The van der Waals surface area contributed by atoms with E-state index in [1.165, 1.54) is 48.6 Å². The Bertz CT molecular complexity index is 1770. The molecule has 3 aliphatic carbocycles. The maximum Gasteiger partial charge on any atom is 0.338 e. The Balaban J connectivity index is 1.51. The number of nitrogens with two attached hydrogens (primary N) is 1. The molecule has 0 spiro atoms. The molecule has 0 aromatic heterocycles. The molecule has 1 saturated carbocycles. The molecule has 0 heterocycles. The molecule has 51 heavy (non-hydrogen) atoms. The summed E-state index contributed by atoms with van der Waals surface area (Å²) in [5, 5.41) is 5.15. The molecule has 5 rings (SSSR count). The van der Waals surface area contributed by atoms with Crippen molar-refractivity contribution in [2.75, 3.05) is 47.5 Å². The highest BCUT2D eigenvalue weighted by Crippen LogP contribution is 2.50. The summed E-state index contributed by atoms with van der Waals surface area (Å²) in [6.45, 7) is 6.60. The summed E-state index contributed by atoms with van der Waals surface area (Å²) in [6, 6.07) is 12.4. The SMILES string of the molecule is COc1ccc2c(c1)C=C(C(=O)N(C)CCOCCN(C)S(N)(=O)=O)CCC1CCc3cc(C(=O)OC(C)(C)C)ccc3C(C3CCCCC3)=C21. The third-order valence-electron chi connectivity index (χ3n) is 10.3. The van der Waals surface area contributed by atoms with Crippen molar-refractivity contribution < 1.29 is 32.2 Å². The van der Waals surface area contributed by atoms with Gasteiger partial charge in [-0.2, -0.15) is 12.7 Å². The number of benzene rings is 2. The predicted molar refractivity (Wildman–Crippen MR) is 201 cm³/mol. The number of fused-ring (bicyclic) bond motifs is 4. The van der Waals surface area contributed by atoms with Crippen molar-refractivity contribution in [1.82, 2.24) is 9.21 Å². The van der Waals surface area contributed by atoms with E-state index >= 15 is 0 Å². The van der Waals surface area contributed by atoms with Gasteiger partial charge in [0.05, 0.1) is 25.9 Å². The molecule has 1 amide bonds. The monoisotopic (exact) mass is 721 g/mol.